The second-order valence-electron chi connectivity index (χ2n) is 14.3. The highest BCUT2D eigenvalue weighted by Crippen LogP contribution is 2.40. The van der Waals surface area contributed by atoms with Crippen molar-refractivity contribution < 1.29 is 0 Å². The zero-order chi connectivity index (χ0) is 40.1. The first-order valence-corrected chi connectivity index (χ1v) is 19.9. The highest BCUT2D eigenvalue weighted by Gasteiger charge is 2.18. The lowest BCUT2D eigenvalue weighted by Crippen LogP contribution is -2.00. The van der Waals surface area contributed by atoms with Gasteiger partial charge in [0.05, 0.1) is 22.8 Å². The molecule has 0 unspecified atom stereocenters. The maximum absolute atomic E-state index is 5.38. The van der Waals surface area contributed by atoms with Crippen LogP contribution in [0.5, 0.6) is 0 Å². The fraction of sp³-hybridized carbons (Fsp3) is 0. The first kappa shape index (κ1) is 36.1. The van der Waals surface area contributed by atoms with Gasteiger partial charge in [0.2, 0.25) is 0 Å². The molecule has 10 rings (SSSR count). The third-order valence-electron chi connectivity index (χ3n) is 10.5. The SMILES string of the molecule is c1ccc(-c2cc(-c3cc(-c4ccccn4)ccc3-c3ccccn3)cc(-c3ccccc3-c3cccc(-c4nc(-c5ccccc5)nc(-c5ccccc5)n4)c3)n2)cc1. The minimum Gasteiger partial charge on any atom is -0.256 e. The molecule has 0 spiro atoms. The minimum absolute atomic E-state index is 0.600. The number of benzene rings is 6. The monoisotopic (exact) mass is 768 g/mol. The van der Waals surface area contributed by atoms with Crippen LogP contribution in [0.4, 0.5) is 0 Å². The van der Waals surface area contributed by atoms with Crippen LogP contribution in [0, 0.1) is 0 Å². The molecule has 0 aliphatic carbocycles. The first-order valence-electron chi connectivity index (χ1n) is 19.9. The summed E-state index contributed by atoms with van der Waals surface area (Å²) in [6.07, 6.45) is 3.67. The molecule has 0 radical (unpaired) electrons. The Balaban J connectivity index is 1.14. The maximum atomic E-state index is 5.38. The summed E-state index contributed by atoms with van der Waals surface area (Å²) in [6.45, 7) is 0. The third kappa shape index (κ3) is 7.49. The normalized spacial score (nSPS) is 11.0. The van der Waals surface area contributed by atoms with Crippen LogP contribution in [0.15, 0.2) is 219 Å². The molecular formula is C54H36N6. The van der Waals surface area contributed by atoms with Crippen LogP contribution in [-0.2, 0) is 0 Å². The Labute approximate surface area is 348 Å². The molecule has 4 aromatic heterocycles. The number of aromatic nitrogens is 6. The first-order chi connectivity index (χ1) is 29.7. The fourth-order valence-corrected chi connectivity index (χ4v) is 7.52. The van der Waals surface area contributed by atoms with E-state index < -0.39 is 0 Å². The number of pyridine rings is 3. The lowest BCUT2D eigenvalue weighted by Gasteiger charge is -2.16. The summed E-state index contributed by atoms with van der Waals surface area (Å²) >= 11 is 0. The average Bonchev–Trinajstić information content (AvgIpc) is 3.35. The second kappa shape index (κ2) is 16.3. The van der Waals surface area contributed by atoms with Crippen molar-refractivity contribution >= 4 is 0 Å². The van der Waals surface area contributed by atoms with Crippen molar-refractivity contribution in [3.05, 3.63) is 219 Å². The van der Waals surface area contributed by atoms with Crippen LogP contribution in [-0.4, -0.2) is 29.9 Å². The van der Waals surface area contributed by atoms with Gasteiger partial charge in [-0.1, -0.05) is 158 Å². The molecular weight excluding hydrogens is 733 g/mol. The quantitative estimate of drug-likeness (QED) is 0.145. The van der Waals surface area contributed by atoms with Gasteiger partial charge < -0.3 is 0 Å². The van der Waals surface area contributed by atoms with Crippen molar-refractivity contribution in [2.24, 2.45) is 0 Å². The topological polar surface area (TPSA) is 77.3 Å². The van der Waals surface area contributed by atoms with Crippen LogP contribution in [0.25, 0.3) is 101 Å². The molecule has 0 bridgehead atoms. The summed E-state index contributed by atoms with van der Waals surface area (Å²) in [6, 6.07) is 70.2. The number of hydrogen-bond acceptors (Lipinski definition) is 6. The van der Waals surface area contributed by atoms with Gasteiger partial charge in [0.25, 0.3) is 0 Å². The predicted octanol–water partition coefficient (Wildman–Crippen LogP) is 13.1. The predicted molar refractivity (Wildman–Crippen MR) is 242 cm³/mol. The highest BCUT2D eigenvalue weighted by molar-refractivity contribution is 5.91. The van der Waals surface area contributed by atoms with Gasteiger partial charge in [-0.05, 0) is 70.8 Å². The average molecular weight is 769 g/mol. The van der Waals surface area contributed by atoms with Crippen molar-refractivity contribution in [2.75, 3.05) is 0 Å². The zero-order valence-electron chi connectivity index (χ0n) is 32.5. The molecule has 6 heteroatoms. The van der Waals surface area contributed by atoms with E-state index in [9.17, 15) is 0 Å². The largest absolute Gasteiger partial charge is 0.256 e. The molecule has 6 aromatic carbocycles. The van der Waals surface area contributed by atoms with E-state index in [0.717, 1.165) is 84.0 Å². The van der Waals surface area contributed by atoms with Gasteiger partial charge in [0, 0.05) is 51.3 Å². The second-order valence-corrected chi connectivity index (χ2v) is 14.3. The van der Waals surface area contributed by atoms with E-state index in [1.54, 1.807) is 0 Å². The summed E-state index contributed by atoms with van der Waals surface area (Å²) in [5.41, 5.74) is 14.4. The van der Waals surface area contributed by atoms with E-state index in [2.05, 4.69) is 109 Å². The van der Waals surface area contributed by atoms with E-state index in [1.807, 2.05) is 109 Å². The van der Waals surface area contributed by atoms with Crippen LogP contribution >= 0.6 is 0 Å². The molecule has 282 valence electrons. The summed E-state index contributed by atoms with van der Waals surface area (Å²) in [5.74, 6) is 1.84. The van der Waals surface area contributed by atoms with Gasteiger partial charge in [-0.25, -0.2) is 19.9 Å². The minimum atomic E-state index is 0.600. The van der Waals surface area contributed by atoms with Crippen molar-refractivity contribution in [3.63, 3.8) is 0 Å². The number of hydrogen-bond donors (Lipinski definition) is 0. The van der Waals surface area contributed by atoms with E-state index in [1.165, 1.54) is 0 Å². The van der Waals surface area contributed by atoms with Crippen molar-refractivity contribution in [3.8, 4) is 101 Å². The zero-order valence-corrected chi connectivity index (χ0v) is 32.5. The fourth-order valence-electron chi connectivity index (χ4n) is 7.52. The van der Waals surface area contributed by atoms with Gasteiger partial charge >= 0.3 is 0 Å². The van der Waals surface area contributed by atoms with Gasteiger partial charge in [-0.2, -0.15) is 0 Å². The summed E-state index contributed by atoms with van der Waals surface area (Å²) in [4.78, 5) is 29.8. The molecule has 0 saturated heterocycles. The Morgan fingerprint density at radius 1 is 0.217 bits per heavy atom. The molecule has 0 fully saturated rings. The van der Waals surface area contributed by atoms with Gasteiger partial charge in [-0.15, -0.1) is 0 Å². The van der Waals surface area contributed by atoms with Crippen molar-refractivity contribution in [1.29, 1.82) is 0 Å². The standard InChI is InChI=1S/C54H36N6/c1-4-17-37(18-5-1)50-35-43(47-34-41(48-27-12-14-31-55-48)29-30-46(47)49-28-13-15-32-56-49)36-51(57-50)45-26-11-10-25-44(45)40-23-16-24-42(33-40)54-59-52(38-19-6-2-7-20-38)58-53(60-54)39-21-8-3-9-22-39/h1-36H. The lowest BCUT2D eigenvalue weighted by molar-refractivity contribution is 1.07. The van der Waals surface area contributed by atoms with E-state index >= 15 is 0 Å². The maximum Gasteiger partial charge on any atom is 0.164 e. The molecule has 0 atom stereocenters. The molecule has 10 aromatic rings. The van der Waals surface area contributed by atoms with E-state index in [-0.39, 0.29) is 0 Å². The summed E-state index contributed by atoms with van der Waals surface area (Å²) in [7, 11) is 0. The Morgan fingerprint density at radius 2 is 0.717 bits per heavy atom. The van der Waals surface area contributed by atoms with E-state index in [4.69, 9.17) is 29.9 Å². The Kier molecular flexibility index (Phi) is 9.84. The third-order valence-corrected chi connectivity index (χ3v) is 10.5. The Hall–Kier alpha value is -8.22. The molecule has 4 heterocycles. The molecule has 0 aliphatic rings. The van der Waals surface area contributed by atoms with Crippen molar-refractivity contribution in [1.82, 2.24) is 29.9 Å². The lowest BCUT2D eigenvalue weighted by atomic mass is 9.91. The smallest absolute Gasteiger partial charge is 0.164 e. The van der Waals surface area contributed by atoms with E-state index in [0.29, 0.717) is 17.5 Å². The Morgan fingerprint density at radius 3 is 1.35 bits per heavy atom. The molecule has 60 heavy (non-hydrogen) atoms. The molecule has 6 nitrogen and oxygen atoms in total. The van der Waals surface area contributed by atoms with Gasteiger partial charge in [0.1, 0.15) is 0 Å². The van der Waals surface area contributed by atoms with Crippen LogP contribution in [0.3, 0.4) is 0 Å². The van der Waals surface area contributed by atoms with Crippen LogP contribution in [0.1, 0.15) is 0 Å². The summed E-state index contributed by atoms with van der Waals surface area (Å²) in [5, 5.41) is 0. The van der Waals surface area contributed by atoms with Gasteiger partial charge in [-0.3, -0.25) is 9.97 Å². The van der Waals surface area contributed by atoms with Crippen LogP contribution < -0.4 is 0 Å². The van der Waals surface area contributed by atoms with Gasteiger partial charge in [0.15, 0.2) is 17.5 Å². The molecule has 0 amide bonds. The molecule has 0 N–H and O–H groups in total. The Bertz CT molecular complexity index is 3010. The summed E-state index contributed by atoms with van der Waals surface area (Å²) < 4.78 is 0. The molecule has 0 saturated carbocycles. The number of nitrogens with zero attached hydrogens (tertiary/aromatic N) is 6. The highest BCUT2D eigenvalue weighted by atomic mass is 15.0. The van der Waals surface area contributed by atoms with Crippen molar-refractivity contribution in [2.45, 2.75) is 0 Å². The number of rotatable bonds is 9. The van der Waals surface area contributed by atoms with Crippen LogP contribution in [0.2, 0.25) is 0 Å². The molecule has 0 aliphatic heterocycles.